The van der Waals surface area contributed by atoms with Crippen LogP contribution in [0.3, 0.4) is 0 Å². The number of alkyl halides is 1. The highest BCUT2D eigenvalue weighted by atomic mass is 35.5. The molecule has 112 valence electrons. The standard InChI is InChI=1S/C15H22ClNO2S/c1-3-4-13-5-7-14(8-6-13)20(18,19)17-10-9-12(2)15(17)11-16/h5-8,12,15H,3-4,9-11H2,1-2H3. The van der Waals surface area contributed by atoms with Crippen molar-refractivity contribution in [3.63, 3.8) is 0 Å². The number of sulfonamides is 1. The van der Waals surface area contributed by atoms with Gasteiger partial charge in [-0.2, -0.15) is 4.31 Å². The first kappa shape index (κ1) is 15.8. The van der Waals surface area contributed by atoms with Gasteiger partial charge < -0.3 is 0 Å². The summed E-state index contributed by atoms with van der Waals surface area (Å²) in [6.45, 7) is 4.74. The molecule has 0 spiro atoms. The van der Waals surface area contributed by atoms with E-state index in [-0.39, 0.29) is 6.04 Å². The quantitative estimate of drug-likeness (QED) is 0.782. The topological polar surface area (TPSA) is 37.4 Å². The van der Waals surface area contributed by atoms with Gasteiger partial charge >= 0.3 is 0 Å². The van der Waals surface area contributed by atoms with Gasteiger partial charge in [-0.3, -0.25) is 0 Å². The van der Waals surface area contributed by atoms with Crippen molar-refractivity contribution in [2.24, 2.45) is 5.92 Å². The molecule has 0 saturated carbocycles. The minimum atomic E-state index is -3.42. The molecule has 1 aromatic rings. The summed E-state index contributed by atoms with van der Waals surface area (Å²) in [5.41, 5.74) is 1.18. The van der Waals surface area contributed by atoms with E-state index in [1.54, 1.807) is 16.4 Å². The molecule has 0 N–H and O–H groups in total. The molecule has 2 unspecified atom stereocenters. The van der Waals surface area contributed by atoms with Gasteiger partial charge in [0.15, 0.2) is 0 Å². The lowest BCUT2D eigenvalue weighted by molar-refractivity contribution is 0.375. The minimum Gasteiger partial charge on any atom is -0.207 e. The highest BCUT2D eigenvalue weighted by Crippen LogP contribution is 2.30. The molecule has 5 heteroatoms. The van der Waals surface area contributed by atoms with Gasteiger partial charge in [0.1, 0.15) is 0 Å². The van der Waals surface area contributed by atoms with Crippen molar-refractivity contribution in [3.8, 4) is 0 Å². The van der Waals surface area contributed by atoms with Crippen molar-refractivity contribution in [1.82, 2.24) is 4.31 Å². The van der Waals surface area contributed by atoms with Crippen LogP contribution in [0.5, 0.6) is 0 Å². The first-order chi connectivity index (χ1) is 9.50. The second kappa shape index (κ2) is 6.46. The van der Waals surface area contributed by atoms with Crippen LogP contribution < -0.4 is 0 Å². The van der Waals surface area contributed by atoms with Crippen LogP contribution in [-0.2, 0) is 16.4 Å². The van der Waals surface area contributed by atoms with Gasteiger partial charge in [0, 0.05) is 18.5 Å². The molecule has 1 heterocycles. The zero-order chi connectivity index (χ0) is 14.8. The van der Waals surface area contributed by atoms with E-state index in [2.05, 4.69) is 13.8 Å². The predicted molar refractivity (Wildman–Crippen MR) is 82.6 cm³/mol. The highest BCUT2D eigenvalue weighted by molar-refractivity contribution is 7.89. The second-order valence-corrected chi connectivity index (χ2v) is 7.70. The van der Waals surface area contributed by atoms with Crippen LogP contribution in [0.2, 0.25) is 0 Å². The third-order valence-electron chi connectivity index (χ3n) is 4.06. The molecule has 0 amide bonds. The SMILES string of the molecule is CCCc1ccc(S(=O)(=O)N2CCC(C)C2CCl)cc1. The van der Waals surface area contributed by atoms with Crippen LogP contribution in [0.25, 0.3) is 0 Å². The van der Waals surface area contributed by atoms with E-state index in [9.17, 15) is 8.42 Å². The minimum absolute atomic E-state index is 0.0861. The summed E-state index contributed by atoms with van der Waals surface area (Å²) in [6, 6.07) is 7.16. The average Bonchev–Trinajstić information content (AvgIpc) is 2.81. The average molecular weight is 316 g/mol. The molecule has 1 aliphatic heterocycles. The largest absolute Gasteiger partial charge is 0.243 e. The Labute approximate surface area is 127 Å². The van der Waals surface area contributed by atoms with Gasteiger partial charge in [0.25, 0.3) is 0 Å². The molecule has 0 radical (unpaired) electrons. The van der Waals surface area contributed by atoms with Crippen LogP contribution in [-0.4, -0.2) is 31.2 Å². The van der Waals surface area contributed by atoms with Crippen molar-refractivity contribution in [1.29, 1.82) is 0 Å². The maximum Gasteiger partial charge on any atom is 0.243 e. The van der Waals surface area contributed by atoms with E-state index in [4.69, 9.17) is 11.6 Å². The van der Waals surface area contributed by atoms with E-state index in [0.29, 0.717) is 23.2 Å². The molecular formula is C15H22ClNO2S. The van der Waals surface area contributed by atoms with Crippen LogP contribution >= 0.6 is 11.6 Å². The van der Waals surface area contributed by atoms with Gasteiger partial charge in [-0.25, -0.2) is 8.42 Å². The third-order valence-corrected chi connectivity index (χ3v) is 6.31. The number of hydrogen-bond donors (Lipinski definition) is 0. The number of benzene rings is 1. The molecule has 1 aromatic carbocycles. The molecule has 20 heavy (non-hydrogen) atoms. The molecule has 0 bridgehead atoms. The Morgan fingerprint density at radius 2 is 1.95 bits per heavy atom. The molecular weight excluding hydrogens is 294 g/mol. The Hall–Kier alpha value is -0.580. The first-order valence-corrected chi connectivity index (χ1v) is 9.15. The Kier molecular flexibility index (Phi) is 5.10. The number of halogens is 1. The summed E-state index contributed by atoms with van der Waals surface area (Å²) in [5, 5.41) is 0. The van der Waals surface area contributed by atoms with Gasteiger partial charge in [0.05, 0.1) is 4.90 Å². The van der Waals surface area contributed by atoms with Crippen LogP contribution in [0.1, 0.15) is 32.3 Å². The maximum absolute atomic E-state index is 12.7. The first-order valence-electron chi connectivity index (χ1n) is 7.17. The van der Waals surface area contributed by atoms with Crippen molar-refractivity contribution in [2.75, 3.05) is 12.4 Å². The summed E-state index contributed by atoms with van der Waals surface area (Å²) >= 11 is 5.95. The second-order valence-electron chi connectivity index (χ2n) is 5.50. The van der Waals surface area contributed by atoms with Crippen molar-refractivity contribution < 1.29 is 8.42 Å². The summed E-state index contributed by atoms with van der Waals surface area (Å²) in [7, 11) is -3.42. The lowest BCUT2D eigenvalue weighted by Gasteiger charge is -2.24. The smallest absolute Gasteiger partial charge is 0.207 e. The third kappa shape index (κ3) is 3.02. The van der Waals surface area contributed by atoms with E-state index in [1.807, 2.05) is 12.1 Å². The fraction of sp³-hybridized carbons (Fsp3) is 0.600. The predicted octanol–water partition coefficient (Wildman–Crippen LogP) is 3.28. The van der Waals surface area contributed by atoms with E-state index in [0.717, 1.165) is 19.3 Å². The Balaban J connectivity index is 2.26. The molecule has 0 aliphatic carbocycles. The van der Waals surface area contributed by atoms with Gasteiger partial charge in [-0.05, 0) is 36.5 Å². The summed E-state index contributed by atoms with van der Waals surface area (Å²) in [4.78, 5) is 0.376. The van der Waals surface area contributed by atoms with Crippen LogP contribution in [0, 0.1) is 5.92 Å². The normalized spacial score (nSPS) is 24.1. The molecule has 1 saturated heterocycles. The Morgan fingerprint density at radius 1 is 1.30 bits per heavy atom. The van der Waals surface area contributed by atoms with E-state index >= 15 is 0 Å². The van der Waals surface area contributed by atoms with Crippen molar-refractivity contribution >= 4 is 21.6 Å². The lowest BCUT2D eigenvalue weighted by Crippen LogP contribution is -2.38. The van der Waals surface area contributed by atoms with E-state index < -0.39 is 10.0 Å². The summed E-state index contributed by atoms with van der Waals surface area (Å²) in [6.07, 6.45) is 2.92. The Bertz CT molecular complexity index is 541. The van der Waals surface area contributed by atoms with Crippen molar-refractivity contribution in [2.45, 2.75) is 44.0 Å². The zero-order valence-corrected chi connectivity index (χ0v) is 13.6. The Morgan fingerprint density at radius 3 is 2.50 bits per heavy atom. The number of rotatable bonds is 5. The number of nitrogens with zero attached hydrogens (tertiary/aromatic N) is 1. The molecule has 2 atom stereocenters. The highest BCUT2D eigenvalue weighted by Gasteiger charge is 2.38. The summed E-state index contributed by atoms with van der Waals surface area (Å²) < 4.78 is 26.9. The van der Waals surface area contributed by atoms with Crippen molar-refractivity contribution in [3.05, 3.63) is 29.8 Å². The fourth-order valence-electron chi connectivity index (χ4n) is 2.75. The van der Waals surface area contributed by atoms with Gasteiger partial charge in [0.2, 0.25) is 10.0 Å². The fourth-order valence-corrected chi connectivity index (χ4v) is 5.04. The van der Waals surface area contributed by atoms with Gasteiger partial charge in [-0.15, -0.1) is 11.6 Å². The molecule has 3 nitrogen and oxygen atoms in total. The lowest BCUT2D eigenvalue weighted by atomic mass is 10.1. The number of hydrogen-bond acceptors (Lipinski definition) is 2. The van der Waals surface area contributed by atoms with Crippen LogP contribution in [0.4, 0.5) is 0 Å². The summed E-state index contributed by atoms with van der Waals surface area (Å²) in [5.74, 6) is 0.676. The maximum atomic E-state index is 12.7. The molecule has 1 fully saturated rings. The van der Waals surface area contributed by atoms with Crippen LogP contribution in [0.15, 0.2) is 29.2 Å². The monoisotopic (exact) mass is 315 g/mol. The molecule has 2 rings (SSSR count). The molecule has 0 aromatic heterocycles. The molecule has 1 aliphatic rings. The zero-order valence-electron chi connectivity index (χ0n) is 12.0. The number of aryl methyl sites for hydroxylation is 1. The van der Waals surface area contributed by atoms with Gasteiger partial charge in [-0.1, -0.05) is 32.4 Å². The van der Waals surface area contributed by atoms with E-state index in [1.165, 1.54) is 5.56 Å².